The van der Waals surface area contributed by atoms with Crippen LogP contribution in [0, 0.1) is 12.8 Å². The summed E-state index contributed by atoms with van der Waals surface area (Å²) in [6.07, 6.45) is 0.937. The second-order valence-corrected chi connectivity index (χ2v) is 6.95. The molecule has 1 aromatic rings. The molecule has 0 saturated heterocycles. The average molecular weight is 304 g/mol. The van der Waals surface area contributed by atoms with Crippen molar-refractivity contribution in [3.8, 4) is 0 Å². The van der Waals surface area contributed by atoms with E-state index >= 15 is 0 Å². The Bertz CT molecular complexity index is 513. The molecule has 0 aliphatic heterocycles. The standard InChI is InChI=1S/C11H14BrNO2S/c1-7-3-4-9(12)6-11(7)16(14,15)13-10-5-8(10)2/h3-4,6,8,10,13H,5H2,1-2H3. The van der Waals surface area contributed by atoms with Crippen molar-refractivity contribution in [3.05, 3.63) is 28.2 Å². The van der Waals surface area contributed by atoms with Gasteiger partial charge in [0, 0.05) is 10.5 Å². The Morgan fingerprint density at radius 3 is 2.62 bits per heavy atom. The molecule has 2 rings (SSSR count). The Morgan fingerprint density at radius 2 is 2.06 bits per heavy atom. The highest BCUT2D eigenvalue weighted by Crippen LogP contribution is 2.31. The van der Waals surface area contributed by atoms with Crippen molar-refractivity contribution < 1.29 is 8.42 Å². The van der Waals surface area contributed by atoms with Gasteiger partial charge >= 0.3 is 0 Å². The quantitative estimate of drug-likeness (QED) is 0.932. The van der Waals surface area contributed by atoms with Crippen LogP contribution in [0.4, 0.5) is 0 Å². The maximum atomic E-state index is 12.1. The lowest BCUT2D eigenvalue weighted by Gasteiger charge is -2.09. The van der Waals surface area contributed by atoms with Crippen LogP contribution < -0.4 is 4.72 Å². The number of nitrogens with one attached hydrogen (secondary N) is 1. The molecule has 3 nitrogen and oxygen atoms in total. The van der Waals surface area contributed by atoms with Gasteiger partial charge in [0.15, 0.2) is 0 Å². The largest absolute Gasteiger partial charge is 0.241 e. The highest BCUT2D eigenvalue weighted by molar-refractivity contribution is 9.10. The molecular weight excluding hydrogens is 290 g/mol. The molecule has 0 bridgehead atoms. The first-order valence-electron chi connectivity index (χ1n) is 5.18. The molecule has 2 unspecified atom stereocenters. The molecule has 0 aromatic heterocycles. The number of hydrogen-bond donors (Lipinski definition) is 1. The van der Waals surface area contributed by atoms with Crippen molar-refractivity contribution in [2.24, 2.45) is 5.92 Å². The minimum absolute atomic E-state index is 0.114. The minimum atomic E-state index is -3.36. The third-order valence-corrected chi connectivity index (χ3v) is 4.98. The fourth-order valence-electron chi connectivity index (χ4n) is 1.61. The molecule has 5 heteroatoms. The van der Waals surface area contributed by atoms with Gasteiger partial charge in [-0.25, -0.2) is 13.1 Å². The SMILES string of the molecule is Cc1ccc(Br)cc1S(=O)(=O)NC1CC1C. The van der Waals surface area contributed by atoms with E-state index in [2.05, 4.69) is 20.7 Å². The summed E-state index contributed by atoms with van der Waals surface area (Å²) in [5.74, 6) is 0.460. The lowest BCUT2D eigenvalue weighted by molar-refractivity contribution is 0.577. The van der Waals surface area contributed by atoms with Gasteiger partial charge in [0.2, 0.25) is 10.0 Å². The van der Waals surface area contributed by atoms with Crippen molar-refractivity contribution in [2.45, 2.75) is 31.2 Å². The van der Waals surface area contributed by atoms with Crippen molar-refractivity contribution >= 4 is 26.0 Å². The van der Waals surface area contributed by atoms with Crippen LogP contribution in [0.1, 0.15) is 18.9 Å². The molecule has 1 fully saturated rings. The molecule has 1 aliphatic carbocycles. The fourth-order valence-corrected chi connectivity index (χ4v) is 3.75. The summed E-state index contributed by atoms with van der Waals surface area (Å²) in [6.45, 7) is 3.85. The zero-order valence-electron chi connectivity index (χ0n) is 9.20. The zero-order valence-corrected chi connectivity index (χ0v) is 11.6. The molecule has 0 amide bonds. The van der Waals surface area contributed by atoms with Gasteiger partial charge in [0.1, 0.15) is 0 Å². The topological polar surface area (TPSA) is 46.2 Å². The Labute approximate surface area is 104 Å². The first-order chi connectivity index (χ1) is 7.40. The second-order valence-electron chi connectivity index (χ2n) is 4.35. The van der Waals surface area contributed by atoms with Gasteiger partial charge in [-0.1, -0.05) is 28.9 Å². The third kappa shape index (κ3) is 2.47. The third-order valence-electron chi connectivity index (χ3n) is 2.86. The molecule has 16 heavy (non-hydrogen) atoms. The van der Waals surface area contributed by atoms with Crippen LogP contribution >= 0.6 is 15.9 Å². The normalized spacial score (nSPS) is 24.4. The number of aryl methyl sites for hydroxylation is 1. The molecular formula is C11H14BrNO2S. The van der Waals surface area contributed by atoms with Crippen molar-refractivity contribution in [3.63, 3.8) is 0 Å². The summed E-state index contributed by atoms with van der Waals surface area (Å²) < 4.78 is 27.6. The smallest absolute Gasteiger partial charge is 0.208 e. The van der Waals surface area contributed by atoms with Gasteiger partial charge < -0.3 is 0 Å². The van der Waals surface area contributed by atoms with Crippen molar-refractivity contribution in [1.82, 2.24) is 4.72 Å². The predicted octanol–water partition coefficient (Wildman–Crippen LogP) is 2.44. The van der Waals surface area contributed by atoms with Gasteiger partial charge in [-0.3, -0.25) is 0 Å². The van der Waals surface area contributed by atoms with E-state index < -0.39 is 10.0 Å². The maximum absolute atomic E-state index is 12.1. The Balaban J connectivity index is 2.31. The first-order valence-corrected chi connectivity index (χ1v) is 7.46. The fraction of sp³-hybridized carbons (Fsp3) is 0.455. The molecule has 1 aromatic carbocycles. The van der Waals surface area contributed by atoms with Crippen LogP contribution in [0.2, 0.25) is 0 Å². The Kier molecular flexibility index (Phi) is 3.11. The molecule has 0 heterocycles. The van der Waals surface area contributed by atoms with Crippen molar-refractivity contribution in [2.75, 3.05) is 0 Å². The van der Waals surface area contributed by atoms with Crippen LogP contribution in [-0.2, 0) is 10.0 Å². The van der Waals surface area contributed by atoms with E-state index in [1.165, 1.54) is 0 Å². The summed E-state index contributed by atoms with van der Waals surface area (Å²) in [6, 6.07) is 5.40. The predicted molar refractivity (Wildman–Crippen MR) is 66.8 cm³/mol. The second kappa shape index (κ2) is 4.13. The van der Waals surface area contributed by atoms with Crippen LogP contribution in [0.15, 0.2) is 27.6 Å². The van der Waals surface area contributed by atoms with Crippen LogP contribution in [0.5, 0.6) is 0 Å². The van der Waals surface area contributed by atoms with E-state index in [9.17, 15) is 8.42 Å². The van der Waals surface area contributed by atoms with E-state index in [1.54, 1.807) is 19.1 Å². The molecule has 2 atom stereocenters. The summed E-state index contributed by atoms with van der Waals surface area (Å²) in [4.78, 5) is 0.362. The Morgan fingerprint density at radius 1 is 1.44 bits per heavy atom. The van der Waals surface area contributed by atoms with E-state index in [4.69, 9.17) is 0 Å². The molecule has 1 saturated carbocycles. The lowest BCUT2D eigenvalue weighted by atomic mass is 10.2. The lowest BCUT2D eigenvalue weighted by Crippen LogP contribution is -2.27. The molecule has 1 N–H and O–H groups in total. The molecule has 0 radical (unpaired) electrons. The summed E-state index contributed by atoms with van der Waals surface area (Å²) in [5.41, 5.74) is 0.768. The van der Waals surface area contributed by atoms with Gasteiger partial charge in [0.25, 0.3) is 0 Å². The molecule has 1 aliphatic rings. The van der Waals surface area contributed by atoms with E-state index in [0.29, 0.717) is 10.8 Å². The molecule has 0 spiro atoms. The van der Waals surface area contributed by atoms with E-state index in [-0.39, 0.29) is 6.04 Å². The highest BCUT2D eigenvalue weighted by atomic mass is 79.9. The van der Waals surface area contributed by atoms with Crippen LogP contribution in [-0.4, -0.2) is 14.5 Å². The number of hydrogen-bond acceptors (Lipinski definition) is 2. The maximum Gasteiger partial charge on any atom is 0.241 e. The van der Waals surface area contributed by atoms with Crippen molar-refractivity contribution in [1.29, 1.82) is 0 Å². The molecule has 88 valence electrons. The van der Waals surface area contributed by atoms with Gasteiger partial charge in [-0.15, -0.1) is 0 Å². The average Bonchev–Trinajstić information content (AvgIpc) is 2.85. The van der Waals surface area contributed by atoms with E-state index in [1.807, 2.05) is 13.0 Å². The van der Waals surface area contributed by atoms with Gasteiger partial charge in [-0.2, -0.15) is 0 Å². The number of sulfonamides is 1. The monoisotopic (exact) mass is 303 g/mol. The first kappa shape index (κ1) is 12.1. The van der Waals surface area contributed by atoms with Gasteiger partial charge in [-0.05, 0) is 37.0 Å². The number of rotatable bonds is 3. The number of benzene rings is 1. The zero-order chi connectivity index (χ0) is 11.9. The Hall–Kier alpha value is -0.390. The van der Waals surface area contributed by atoms with Gasteiger partial charge in [0.05, 0.1) is 4.90 Å². The van der Waals surface area contributed by atoms with Crippen LogP contribution in [0.3, 0.4) is 0 Å². The summed E-state index contributed by atoms with van der Waals surface area (Å²) >= 11 is 3.29. The number of halogens is 1. The summed E-state index contributed by atoms with van der Waals surface area (Å²) in [7, 11) is -3.36. The van der Waals surface area contributed by atoms with Crippen LogP contribution in [0.25, 0.3) is 0 Å². The minimum Gasteiger partial charge on any atom is -0.208 e. The summed E-state index contributed by atoms with van der Waals surface area (Å²) in [5, 5.41) is 0. The highest BCUT2D eigenvalue weighted by Gasteiger charge is 2.36. The van der Waals surface area contributed by atoms with E-state index in [0.717, 1.165) is 16.5 Å².